The Kier molecular flexibility index (Phi) is 8.27. The lowest BCUT2D eigenvalue weighted by atomic mass is 9.72. The Morgan fingerprint density at radius 1 is 0.972 bits per heavy atom. The molecule has 0 unspecified atom stereocenters. The van der Waals surface area contributed by atoms with E-state index in [0.29, 0.717) is 44.6 Å². The Morgan fingerprint density at radius 3 is 2.33 bits per heavy atom. The molecule has 0 N–H and O–H groups in total. The lowest BCUT2D eigenvalue weighted by molar-refractivity contribution is -0.148. The minimum atomic E-state index is -0.433. The molecule has 0 aliphatic carbocycles. The van der Waals surface area contributed by atoms with Crippen LogP contribution in [0.2, 0.25) is 0 Å². The van der Waals surface area contributed by atoms with Gasteiger partial charge in [0, 0.05) is 37.4 Å². The number of rotatable bonds is 3. The lowest BCUT2D eigenvalue weighted by Crippen LogP contribution is -2.53. The van der Waals surface area contributed by atoms with Crippen molar-refractivity contribution in [3.8, 4) is 5.75 Å². The van der Waals surface area contributed by atoms with Gasteiger partial charge in [0.1, 0.15) is 18.2 Å². The van der Waals surface area contributed by atoms with Crippen molar-refractivity contribution >= 4 is 11.8 Å². The predicted molar refractivity (Wildman–Crippen MR) is 140 cm³/mol. The van der Waals surface area contributed by atoms with Crippen molar-refractivity contribution in [2.24, 2.45) is 5.41 Å². The maximum Gasteiger partial charge on any atom is 0.256 e. The third-order valence-corrected chi connectivity index (χ3v) is 7.69. The van der Waals surface area contributed by atoms with E-state index in [-0.39, 0.29) is 23.8 Å². The molecule has 36 heavy (non-hydrogen) atoms. The second-order valence-corrected chi connectivity index (χ2v) is 10.8. The molecule has 0 bridgehead atoms. The SMILES string of the molecule is CC(C)c1ncc(C(=O)N2CCC3(CCCCc4ccccc4OCCN(C(C)C)C3=O)CC2)cn1. The average molecular weight is 493 g/mol. The van der Waals surface area contributed by atoms with Crippen LogP contribution in [0.3, 0.4) is 0 Å². The van der Waals surface area contributed by atoms with Gasteiger partial charge in [0.05, 0.1) is 17.5 Å². The number of carbonyl (C=O) groups is 2. The smallest absolute Gasteiger partial charge is 0.256 e. The molecule has 2 aliphatic rings. The molecule has 2 aromatic rings. The number of carbonyl (C=O) groups excluding carboxylic acids is 2. The van der Waals surface area contributed by atoms with Gasteiger partial charge in [0.25, 0.3) is 5.91 Å². The first kappa shape index (κ1) is 26.1. The summed E-state index contributed by atoms with van der Waals surface area (Å²) >= 11 is 0. The highest BCUT2D eigenvalue weighted by Crippen LogP contribution is 2.40. The van der Waals surface area contributed by atoms with Crippen LogP contribution in [-0.2, 0) is 11.2 Å². The van der Waals surface area contributed by atoms with Crippen molar-refractivity contribution in [2.45, 2.75) is 78.2 Å². The fourth-order valence-corrected chi connectivity index (χ4v) is 5.42. The van der Waals surface area contributed by atoms with Crippen molar-refractivity contribution in [2.75, 3.05) is 26.2 Å². The van der Waals surface area contributed by atoms with E-state index < -0.39 is 5.41 Å². The van der Waals surface area contributed by atoms with Gasteiger partial charge in [-0.3, -0.25) is 9.59 Å². The summed E-state index contributed by atoms with van der Waals surface area (Å²) < 4.78 is 6.13. The molecule has 4 rings (SSSR count). The van der Waals surface area contributed by atoms with Crippen molar-refractivity contribution in [3.05, 3.63) is 53.6 Å². The summed E-state index contributed by atoms with van der Waals surface area (Å²) in [5, 5.41) is 0. The molecule has 3 heterocycles. The minimum Gasteiger partial charge on any atom is -0.491 e. The van der Waals surface area contributed by atoms with Gasteiger partial charge in [-0.1, -0.05) is 38.5 Å². The summed E-state index contributed by atoms with van der Waals surface area (Å²) in [7, 11) is 0. The van der Waals surface area contributed by atoms with E-state index in [2.05, 4.69) is 35.9 Å². The summed E-state index contributed by atoms with van der Waals surface area (Å²) in [5.41, 5.74) is 1.32. The highest BCUT2D eigenvalue weighted by Gasteiger charge is 2.44. The number of hydrogen-bond acceptors (Lipinski definition) is 5. The molecule has 1 aromatic heterocycles. The predicted octanol–water partition coefficient (Wildman–Crippen LogP) is 4.86. The maximum absolute atomic E-state index is 14.0. The Balaban J connectivity index is 1.49. The van der Waals surface area contributed by atoms with Crippen LogP contribution in [0.5, 0.6) is 5.75 Å². The number of fused-ring (bicyclic) bond motifs is 1. The van der Waals surface area contributed by atoms with Crippen LogP contribution in [0.1, 0.15) is 87.5 Å². The van der Waals surface area contributed by atoms with E-state index in [1.54, 1.807) is 12.4 Å². The normalized spacial score (nSPS) is 19.0. The molecular formula is C29H40N4O3. The zero-order chi connectivity index (χ0) is 25.7. The first-order valence-corrected chi connectivity index (χ1v) is 13.4. The third-order valence-electron chi connectivity index (χ3n) is 7.69. The summed E-state index contributed by atoms with van der Waals surface area (Å²) in [5.74, 6) is 2.06. The Bertz CT molecular complexity index is 1040. The van der Waals surface area contributed by atoms with Gasteiger partial charge >= 0.3 is 0 Å². The van der Waals surface area contributed by atoms with Crippen LogP contribution in [0.25, 0.3) is 0 Å². The van der Waals surface area contributed by atoms with Crippen molar-refractivity contribution in [1.82, 2.24) is 19.8 Å². The summed E-state index contributed by atoms with van der Waals surface area (Å²) in [6.07, 6.45) is 8.43. The van der Waals surface area contributed by atoms with Gasteiger partial charge in [0.2, 0.25) is 5.91 Å². The second-order valence-electron chi connectivity index (χ2n) is 10.8. The molecular weight excluding hydrogens is 452 g/mol. The molecule has 1 saturated heterocycles. The minimum absolute atomic E-state index is 0.0496. The van der Waals surface area contributed by atoms with Gasteiger partial charge in [-0.15, -0.1) is 0 Å². The maximum atomic E-state index is 14.0. The van der Waals surface area contributed by atoms with Crippen LogP contribution in [0.4, 0.5) is 0 Å². The first-order valence-electron chi connectivity index (χ1n) is 13.4. The number of aromatic nitrogens is 2. The number of aryl methyl sites for hydroxylation is 1. The molecule has 7 heteroatoms. The molecule has 0 saturated carbocycles. The molecule has 1 spiro atoms. The molecule has 1 aromatic carbocycles. The van der Waals surface area contributed by atoms with Crippen LogP contribution < -0.4 is 4.74 Å². The number of nitrogens with zero attached hydrogens (tertiary/aromatic N) is 4. The van der Waals surface area contributed by atoms with E-state index in [1.807, 2.05) is 35.8 Å². The van der Waals surface area contributed by atoms with Crippen LogP contribution in [0, 0.1) is 5.41 Å². The quantitative estimate of drug-likeness (QED) is 0.611. The topological polar surface area (TPSA) is 75.6 Å². The molecule has 194 valence electrons. The van der Waals surface area contributed by atoms with E-state index in [9.17, 15) is 9.59 Å². The molecule has 0 atom stereocenters. The van der Waals surface area contributed by atoms with Crippen LogP contribution in [0.15, 0.2) is 36.7 Å². The van der Waals surface area contributed by atoms with Gasteiger partial charge in [-0.2, -0.15) is 0 Å². The Morgan fingerprint density at radius 2 is 1.67 bits per heavy atom. The third kappa shape index (κ3) is 5.71. The van der Waals surface area contributed by atoms with Gasteiger partial charge in [-0.25, -0.2) is 9.97 Å². The first-order chi connectivity index (χ1) is 17.3. The van der Waals surface area contributed by atoms with Crippen molar-refractivity contribution < 1.29 is 14.3 Å². The number of para-hydroxylation sites is 1. The van der Waals surface area contributed by atoms with Gasteiger partial charge in [-0.05, 0) is 57.6 Å². The van der Waals surface area contributed by atoms with Crippen LogP contribution in [-0.4, -0.2) is 63.9 Å². The Labute approximate surface area is 215 Å². The summed E-state index contributed by atoms with van der Waals surface area (Å²) in [6.45, 7) is 10.4. The number of piperidine rings is 1. The average Bonchev–Trinajstić information content (AvgIpc) is 2.88. The highest BCUT2D eigenvalue weighted by molar-refractivity contribution is 5.94. The van der Waals surface area contributed by atoms with E-state index in [0.717, 1.165) is 37.3 Å². The van der Waals surface area contributed by atoms with Crippen LogP contribution >= 0.6 is 0 Å². The van der Waals surface area contributed by atoms with Gasteiger partial charge < -0.3 is 14.5 Å². The molecule has 7 nitrogen and oxygen atoms in total. The number of amides is 2. The fraction of sp³-hybridized carbons (Fsp3) is 0.586. The number of hydrogen-bond donors (Lipinski definition) is 0. The summed E-state index contributed by atoms with van der Waals surface area (Å²) in [6, 6.07) is 8.33. The monoisotopic (exact) mass is 492 g/mol. The van der Waals surface area contributed by atoms with Crippen molar-refractivity contribution in [1.29, 1.82) is 0 Å². The highest BCUT2D eigenvalue weighted by atomic mass is 16.5. The van der Waals surface area contributed by atoms with Gasteiger partial charge in [0.15, 0.2) is 0 Å². The van der Waals surface area contributed by atoms with Crippen molar-refractivity contribution in [3.63, 3.8) is 0 Å². The number of benzene rings is 1. The van der Waals surface area contributed by atoms with E-state index >= 15 is 0 Å². The number of likely N-dealkylation sites (tertiary alicyclic amines) is 1. The molecule has 1 fully saturated rings. The molecule has 0 radical (unpaired) electrons. The zero-order valence-electron chi connectivity index (χ0n) is 22.2. The second kappa shape index (κ2) is 11.4. The fourth-order valence-electron chi connectivity index (χ4n) is 5.42. The van der Waals surface area contributed by atoms with E-state index in [4.69, 9.17) is 4.74 Å². The Hall–Kier alpha value is -2.96. The largest absolute Gasteiger partial charge is 0.491 e. The lowest BCUT2D eigenvalue weighted by Gasteiger charge is -2.44. The summed E-state index contributed by atoms with van der Waals surface area (Å²) in [4.78, 5) is 39.8. The van der Waals surface area contributed by atoms with E-state index in [1.165, 1.54) is 5.56 Å². The molecule has 2 amide bonds. The standard InChI is InChI=1S/C29H40N4O3/c1-21(2)26-30-19-24(20-31-26)27(34)32-15-13-29(14-16-32)12-8-7-10-23-9-5-6-11-25(23)36-18-17-33(22(3)4)28(29)35/h5-6,9,11,19-22H,7-8,10,12-18H2,1-4H3. The number of ether oxygens (including phenoxy) is 1. The zero-order valence-corrected chi connectivity index (χ0v) is 22.2. The molecule has 2 aliphatic heterocycles.